The molecule has 0 radical (unpaired) electrons. The molecule has 0 fully saturated rings. The summed E-state index contributed by atoms with van der Waals surface area (Å²) in [5.74, 6) is -2.63. The number of ether oxygens (including phenoxy) is 1. The molecule has 0 saturated heterocycles. The first-order chi connectivity index (χ1) is 4.48. The Morgan fingerprint density at radius 3 is 2.20 bits per heavy atom. The van der Waals surface area contributed by atoms with Crippen LogP contribution in [0.25, 0.3) is 0 Å². The van der Waals surface area contributed by atoms with Crippen molar-refractivity contribution in [3.05, 3.63) is 0 Å². The zero-order valence-electron chi connectivity index (χ0n) is 6.66. The zero-order valence-corrected chi connectivity index (χ0v) is 6.66. The predicted molar refractivity (Wildman–Crippen MR) is 36.3 cm³/mol. The molecule has 0 aromatic carbocycles. The second kappa shape index (κ2) is 3.86. The molecule has 0 aromatic rings. The fourth-order valence-corrected chi connectivity index (χ4v) is 0.867. The Labute approximate surface area is 60.4 Å². The van der Waals surface area contributed by atoms with Crippen LogP contribution in [-0.4, -0.2) is 19.6 Å². The SMILES string of the molecule is COCC(F)(F)CC(C)C. The average molecular weight is 152 g/mol. The summed E-state index contributed by atoms with van der Waals surface area (Å²) in [4.78, 5) is 0. The molecular weight excluding hydrogens is 138 g/mol. The molecule has 0 heterocycles. The predicted octanol–water partition coefficient (Wildman–Crippen LogP) is 2.31. The van der Waals surface area contributed by atoms with E-state index < -0.39 is 12.5 Å². The molecule has 0 aliphatic carbocycles. The van der Waals surface area contributed by atoms with Crippen molar-refractivity contribution in [1.29, 1.82) is 0 Å². The largest absolute Gasteiger partial charge is 0.378 e. The van der Waals surface area contributed by atoms with Crippen LogP contribution in [0.5, 0.6) is 0 Å². The number of hydrogen-bond acceptors (Lipinski definition) is 1. The van der Waals surface area contributed by atoms with Gasteiger partial charge in [-0.05, 0) is 5.92 Å². The molecule has 62 valence electrons. The van der Waals surface area contributed by atoms with Crippen LogP contribution in [-0.2, 0) is 4.74 Å². The Kier molecular flexibility index (Phi) is 3.79. The summed E-state index contributed by atoms with van der Waals surface area (Å²) < 4.78 is 29.5. The van der Waals surface area contributed by atoms with E-state index in [1.807, 2.05) is 0 Å². The average Bonchev–Trinajstić information content (AvgIpc) is 1.59. The van der Waals surface area contributed by atoms with E-state index >= 15 is 0 Å². The van der Waals surface area contributed by atoms with Crippen molar-refractivity contribution >= 4 is 0 Å². The molecule has 0 unspecified atom stereocenters. The van der Waals surface area contributed by atoms with Gasteiger partial charge in [-0.1, -0.05) is 13.8 Å². The summed E-state index contributed by atoms with van der Waals surface area (Å²) >= 11 is 0. The minimum atomic E-state index is -2.65. The molecular formula is C7H14F2O. The smallest absolute Gasteiger partial charge is 0.271 e. The van der Waals surface area contributed by atoms with E-state index in [-0.39, 0.29) is 12.3 Å². The van der Waals surface area contributed by atoms with Gasteiger partial charge in [-0.2, -0.15) is 0 Å². The van der Waals surface area contributed by atoms with Crippen LogP contribution in [0.3, 0.4) is 0 Å². The van der Waals surface area contributed by atoms with Gasteiger partial charge in [0.05, 0.1) is 0 Å². The lowest BCUT2D eigenvalue weighted by Gasteiger charge is -2.16. The fraction of sp³-hybridized carbons (Fsp3) is 1.00. The van der Waals surface area contributed by atoms with E-state index in [1.165, 1.54) is 7.11 Å². The third-order valence-electron chi connectivity index (χ3n) is 1.06. The van der Waals surface area contributed by atoms with E-state index in [0.29, 0.717) is 0 Å². The van der Waals surface area contributed by atoms with Crippen molar-refractivity contribution in [2.45, 2.75) is 26.2 Å². The maximum atomic E-state index is 12.5. The minimum Gasteiger partial charge on any atom is -0.378 e. The van der Waals surface area contributed by atoms with E-state index in [9.17, 15) is 8.78 Å². The van der Waals surface area contributed by atoms with Gasteiger partial charge in [0.2, 0.25) is 0 Å². The van der Waals surface area contributed by atoms with E-state index in [0.717, 1.165) is 0 Å². The highest BCUT2D eigenvalue weighted by Gasteiger charge is 2.29. The van der Waals surface area contributed by atoms with Crippen LogP contribution in [0.4, 0.5) is 8.78 Å². The van der Waals surface area contributed by atoms with Crippen LogP contribution in [0, 0.1) is 5.92 Å². The van der Waals surface area contributed by atoms with Gasteiger partial charge in [0.1, 0.15) is 6.61 Å². The molecule has 0 aromatic heterocycles. The number of halogens is 2. The third kappa shape index (κ3) is 4.68. The van der Waals surface area contributed by atoms with E-state index in [1.54, 1.807) is 13.8 Å². The van der Waals surface area contributed by atoms with E-state index in [2.05, 4.69) is 4.74 Å². The molecule has 0 N–H and O–H groups in total. The van der Waals surface area contributed by atoms with Crippen LogP contribution in [0.1, 0.15) is 20.3 Å². The Morgan fingerprint density at radius 2 is 1.90 bits per heavy atom. The van der Waals surface area contributed by atoms with Crippen molar-refractivity contribution in [1.82, 2.24) is 0 Å². The van der Waals surface area contributed by atoms with Crippen LogP contribution >= 0.6 is 0 Å². The standard InChI is InChI=1S/C7H14F2O/c1-6(2)4-7(8,9)5-10-3/h6H,4-5H2,1-3H3. The van der Waals surface area contributed by atoms with Crippen LogP contribution in [0.15, 0.2) is 0 Å². The first-order valence-electron chi connectivity index (χ1n) is 3.34. The highest BCUT2D eigenvalue weighted by atomic mass is 19.3. The normalized spacial score (nSPS) is 12.6. The number of hydrogen-bond donors (Lipinski definition) is 0. The highest BCUT2D eigenvalue weighted by Crippen LogP contribution is 2.22. The molecule has 10 heavy (non-hydrogen) atoms. The number of rotatable bonds is 4. The van der Waals surface area contributed by atoms with Gasteiger partial charge in [-0.3, -0.25) is 0 Å². The van der Waals surface area contributed by atoms with Gasteiger partial charge in [0.15, 0.2) is 0 Å². The summed E-state index contributed by atoms with van der Waals surface area (Å²) in [6.45, 7) is 3.07. The lowest BCUT2D eigenvalue weighted by molar-refractivity contribution is -0.0773. The van der Waals surface area contributed by atoms with E-state index in [4.69, 9.17) is 0 Å². The Balaban J connectivity index is 3.63. The van der Waals surface area contributed by atoms with Gasteiger partial charge in [-0.15, -0.1) is 0 Å². The minimum absolute atomic E-state index is 0.0187. The van der Waals surface area contributed by atoms with Crippen LogP contribution in [0.2, 0.25) is 0 Å². The summed E-state index contributed by atoms with van der Waals surface area (Å²) in [5.41, 5.74) is 0. The first-order valence-corrected chi connectivity index (χ1v) is 3.34. The molecule has 0 spiro atoms. The number of methoxy groups -OCH3 is 1. The lowest BCUT2D eigenvalue weighted by Crippen LogP contribution is -2.24. The highest BCUT2D eigenvalue weighted by molar-refractivity contribution is 4.66. The monoisotopic (exact) mass is 152 g/mol. The fourth-order valence-electron chi connectivity index (χ4n) is 0.867. The molecule has 0 bridgehead atoms. The Bertz CT molecular complexity index is 91.6. The van der Waals surface area contributed by atoms with Crippen molar-refractivity contribution in [3.8, 4) is 0 Å². The maximum Gasteiger partial charge on any atom is 0.271 e. The van der Waals surface area contributed by atoms with Crippen molar-refractivity contribution in [2.75, 3.05) is 13.7 Å². The summed E-state index contributed by atoms with van der Waals surface area (Å²) in [6, 6.07) is 0. The zero-order chi connectivity index (χ0) is 8.20. The van der Waals surface area contributed by atoms with Crippen molar-refractivity contribution in [2.24, 2.45) is 5.92 Å². The molecule has 0 saturated carbocycles. The molecule has 0 aliphatic rings. The number of alkyl halides is 2. The molecule has 0 rings (SSSR count). The molecule has 0 aliphatic heterocycles. The Morgan fingerprint density at radius 1 is 1.40 bits per heavy atom. The molecule has 1 nitrogen and oxygen atoms in total. The van der Waals surface area contributed by atoms with Crippen molar-refractivity contribution in [3.63, 3.8) is 0 Å². The van der Waals surface area contributed by atoms with Crippen molar-refractivity contribution < 1.29 is 13.5 Å². The molecule has 0 amide bonds. The van der Waals surface area contributed by atoms with Gasteiger partial charge in [0.25, 0.3) is 5.92 Å². The lowest BCUT2D eigenvalue weighted by atomic mass is 10.1. The second-order valence-electron chi connectivity index (χ2n) is 2.89. The summed E-state index contributed by atoms with van der Waals surface area (Å²) in [6.07, 6.45) is -0.0964. The quantitative estimate of drug-likeness (QED) is 0.600. The molecule has 0 atom stereocenters. The Hall–Kier alpha value is -0.180. The first kappa shape index (κ1) is 9.82. The van der Waals surface area contributed by atoms with Crippen LogP contribution < -0.4 is 0 Å². The summed E-state index contributed by atoms with van der Waals surface area (Å²) in [7, 11) is 1.29. The van der Waals surface area contributed by atoms with Gasteiger partial charge < -0.3 is 4.74 Å². The topological polar surface area (TPSA) is 9.23 Å². The van der Waals surface area contributed by atoms with Gasteiger partial charge in [-0.25, -0.2) is 8.78 Å². The van der Waals surface area contributed by atoms with Gasteiger partial charge >= 0.3 is 0 Å². The van der Waals surface area contributed by atoms with Gasteiger partial charge in [0, 0.05) is 13.5 Å². The second-order valence-corrected chi connectivity index (χ2v) is 2.89. The molecule has 3 heteroatoms. The third-order valence-corrected chi connectivity index (χ3v) is 1.06. The maximum absolute atomic E-state index is 12.5. The summed E-state index contributed by atoms with van der Waals surface area (Å²) in [5, 5.41) is 0.